The van der Waals surface area contributed by atoms with Gasteiger partial charge >= 0.3 is 0 Å². The molecule has 1 atom stereocenters. The fourth-order valence-corrected chi connectivity index (χ4v) is 4.90. The summed E-state index contributed by atoms with van der Waals surface area (Å²) in [6.07, 6.45) is 8.73. The molecular weight excluding hydrogens is 466 g/mol. The lowest BCUT2D eigenvalue weighted by atomic mass is 9.92. The Morgan fingerprint density at radius 2 is 1.94 bits per heavy atom. The van der Waals surface area contributed by atoms with Crippen LogP contribution in [0.3, 0.4) is 0 Å². The monoisotopic (exact) mass is 499 g/mol. The molecule has 1 amide bonds. The van der Waals surface area contributed by atoms with Gasteiger partial charge in [-0.2, -0.15) is 0 Å². The largest absolute Gasteiger partial charge is 0.494 e. The molecule has 3 heterocycles. The quantitative estimate of drug-likeness (QED) is 0.479. The highest BCUT2D eigenvalue weighted by molar-refractivity contribution is 6.30. The number of aliphatic hydroxyl groups is 1. The lowest BCUT2D eigenvalue weighted by molar-refractivity contribution is 0.0968. The number of carbonyl (C=O) groups excluding carboxylic acids is 1. The third kappa shape index (κ3) is 6.72. The van der Waals surface area contributed by atoms with Crippen LogP contribution in [0, 0.1) is 19.8 Å². The van der Waals surface area contributed by atoms with E-state index in [1.165, 1.54) is 0 Å². The van der Waals surface area contributed by atoms with E-state index in [4.69, 9.17) is 16.3 Å². The molecule has 1 aromatic heterocycles. The Morgan fingerprint density at radius 3 is 2.57 bits per heavy atom. The zero-order chi connectivity index (χ0) is 24.8. The molecule has 0 aliphatic carbocycles. The molecule has 8 nitrogen and oxygen atoms in total. The van der Waals surface area contributed by atoms with Crippen molar-refractivity contribution in [3.63, 3.8) is 0 Å². The maximum atomic E-state index is 12.7. The number of amides is 1. The van der Waals surface area contributed by atoms with Gasteiger partial charge in [-0.1, -0.05) is 11.6 Å². The number of β-amino-alcohol motifs (C(OH)–C–C–N with tert-alkyl or cyclic N) is 1. The molecule has 2 aliphatic heterocycles. The second kappa shape index (κ2) is 11.8. The van der Waals surface area contributed by atoms with Gasteiger partial charge in [0.25, 0.3) is 5.91 Å². The summed E-state index contributed by atoms with van der Waals surface area (Å²) in [5.74, 6) is 2.05. The third-order valence-corrected chi connectivity index (χ3v) is 6.94. The lowest BCUT2D eigenvalue weighted by Crippen LogP contribution is -2.34. The van der Waals surface area contributed by atoms with Crippen LogP contribution in [0.1, 0.15) is 47.2 Å². The summed E-state index contributed by atoms with van der Waals surface area (Å²) >= 11 is 5.88. The van der Waals surface area contributed by atoms with E-state index in [1.54, 1.807) is 18.6 Å². The van der Waals surface area contributed by atoms with Gasteiger partial charge in [-0.3, -0.25) is 4.79 Å². The number of hydrogen-bond acceptors (Lipinski definition) is 7. The highest BCUT2D eigenvalue weighted by Crippen LogP contribution is 2.26. The Hall–Kier alpha value is -2.68. The number of aromatic nitrogens is 2. The lowest BCUT2D eigenvalue weighted by Gasteiger charge is -2.32. The molecular formula is C26H34ClN5O3. The van der Waals surface area contributed by atoms with Gasteiger partial charge < -0.3 is 25.4 Å². The van der Waals surface area contributed by atoms with Crippen molar-refractivity contribution in [1.29, 1.82) is 0 Å². The number of halogens is 1. The summed E-state index contributed by atoms with van der Waals surface area (Å²) in [5, 5.41) is 16.3. The van der Waals surface area contributed by atoms with Crippen LogP contribution in [-0.2, 0) is 0 Å². The van der Waals surface area contributed by atoms with Gasteiger partial charge in [0.05, 0.1) is 30.1 Å². The predicted octanol–water partition coefficient (Wildman–Crippen LogP) is 3.40. The molecule has 9 heteroatoms. The minimum atomic E-state index is -0.543. The molecule has 4 rings (SSSR count). The average molecular weight is 500 g/mol. The van der Waals surface area contributed by atoms with E-state index in [-0.39, 0.29) is 5.91 Å². The third-order valence-electron chi connectivity index (χ3n) is 6.75. The first-order chi connectivity index (χ1) is 16.9. The number of aliphatic hydroxyl groups excluding tert-OH is 1. The number of benzene rings is 1. The van der Waals surface area contributed by atoms with E-state index in [0.717, 1.165) is 67.2 Å². The Morgan fingerprint density at radius 1 is 1.26 bits per heavy atom. The Labute approximate surface area is 211 Å². The predicted molar refractivity (Wildman–Crippen MR) is 137 cm³/mol. The van der Waals surface area contributed by atoms with Crippen LogP contribution in [-0.4, -0.2) is 59.9 Å². The summed E-state index contributed by atoms with van der Waals surface area (Å²) in [7, 11) is 0. The van der Waals surface area contributed by atoms with Crippen molar-refractivity contribution in [3.8, 4) is 5.75 Å². The van der Waals surface area contributed by atoms with Crippen LogP contribution in [0.25, 0.3) is 0 Å². The van der Waals surface area contributed by atoms with Crippen molar-refractivity contribution >= 4 is 23.5 Å². The highest BCUT2D eigenvalue weighted by atomic mass is 35.5. The molecule has 2 fully saturated rings. The van der Waals surface area contributed by atoms with Gasteiger partial charge in [0.1, 0.15) is 5.75 Å². The van der Waals surface area contributed by atoms with Gasteiger partial charge in [-0.15, -0.1) is 0 Å². The second-order valence-corrected chi connectivity index (χ2v) is 9.83. The maximum Gasteiger partial charge on any atom is 0.255 e. The van der Waals surface area contributed by atoms with Gasteiger partial charge in [-0.05, 0) is 74.3 Å². The number of nitrogens with zero attached hydrogens (tertiary/aromatic N) is 3. The fourth-order valence-electron chi connectivity index (χ4n) is 4.80. The van der Waals surface area contributed by atoms with Gasteiger partial charge in [-0.25, -0.2) is 9.97 Å². The topological polar surface area (TPSA) is 99.6 Å². The van der Waals surface area contributed by atoms with Crippen LogP contribution in [0.2, 0.25) is 5.02 Å². The number of rotatable bonds is 8. The van der Waals surface area contributed by atoms with E-state index in [2.05, 4.69) is 25.5 Å². The number of nitrogens with one attached hydrogen (secondary N) is 2. The number of hydrogen-bond donors (Lipinski definition) is 3. The van der Waals surface area contributed by atoms with E-state index < -0.39 is 6.10 Å². The smallest absolute Gasteiger partial charge is 0.255 e. The summed E-state index contributed by atoms with van der Waals surface area (Å²) < 4.78 is 6.02. The average Bonchev–Trinajstić information content (AvgIpc) is 3.25. The van der Waals surface area contributed by atoms with Crippen molar-refractivity contribution in [3.05, 3.63) is 58.0 Å². The molecule has 0 saturated carbocycles. The van der Waals surface area contributed by atoms with E-state index in [0.29, 0.717) is 36.2 Å². The van der Waals surface area contributed by atoms with Crippen LogP contribution in [0.4, 0.5) is 5.95 Å². The number of carbonyl (C=O) groups is 1. The first kappa shape index (κ1) is 25.4. The summed E-state index contributed by atoms with van der Waals surface area (Å²) in [6.45, 7) is 7.52. The summed E-state index contributed by atoms with van der Waals surface area (Å²) in [6, 6.07) is 3.84. The first-order valence-electron chi connectivity index (χ1n) is 12.3. The van der Waals surface area contributed by atoms with Crippen molar-refractivity contribution in [2.75, 3.05) is 37.7 Å². The molecule has 0 bridgehead atoms. The van der Waals surface area contributed by atoms with Gasteiger partial charge in [0.2, 0.25) is 5.95 Å². The van der Waals surface area contributed by atoms with Crippen molar-refractivity contribution in [2.45, 2.75) is 45.6 Å². The van der Waals surface area contributed by atoms with E-state index >= 15 is 0 Å². The zero-order valence-electron chi connectivity index (χ0n) is 20.4. The van der Waals surface area contributed by atoms with E-state index in [1.807, 2.05) is 26.0 Å². The fraction of sp³-hybridized carbons (Fsp3) is 0.500. The molecule has 0 spiro atoms. The number of ether oxygens (including phenoxy) is 1. The minimum absolute atomic E-state index is 0.173. The molecule has 0 radical (unpaired) electrons. The summed E-state index contributed by atoms with van der Waals surface area (Å²) in [4.78, 5) is 23.6. The zero-order valence-corrected chi connectivity index (χ0v) is 21.1. The van der Waals surface area contributed by atoms with Crippen LogP contribution >= 0.6 is 11.6 Å². The second-order valence-electron chi connectivity index (χ2n) is 9.39. The Kier molecular flexibility index (Phi) is 8.59. The standard InChI is InChI=1S/C26H34ClN5O3/c1-17-10-22(11-18(2)24(17)25(34)29-13-20-12-28-16-23(20)33)35-9-3-4-19-5-7-32(8-6-19)26-30-14-21(27)15-31-26/h10-11,13-15,19,23,28,33H,3-9,12,16H2,1-2H3,(H,29,34)/b20-13-. The molecule has 188 valence electrons. The van der Waals surface area contributed by atoms with Gasteiger partial charge in [0.15, 0.2) is 0 Å². The Bertz CT molecular complexity index is 1030. The van der Waals surface area contributed by atoms with Crippen molar-refractivity contribution in [1.82, 2.24) is 20.6 Å². The maximum absolute atomic E-state index is 12.7. The SMILES string of the molecule is Cc1cc(OCCCC2CCN(c3ncc(Cl)cn3)CC2)cc(C)c1C(=O)N/C=C1/CNCC1O. The Balaban J connectivity index is 1.21. The molecule has 2 aromatic rings. The van der Waals surface area contributed by atoms with E-state index in [9.17, 15) is 9.90 Å². The molecule has 1 aromatic carbocycles. The number of anilines is 1. The number of aryl methyl sites for hydroxylation is 2. The summed E-state index contributed by atoms with van der Waals surface area (Å²) in [5.41, 5.74) is 3.18. The molecule has 1 unspecified atom stereocenters. The molecule has 35 heavy (non-hydrogen) atoms. The number of piperidine rings is 1. The molecule has 3 N–H and O–H groups in total. The molecule has 2 saturated heterocycles. The van der Waals surface area contributed by atoms with Crippen LogP contribution in [0.5, 0.6) is 5.75 Å². The van der Waals surface area contributed by atoms with Crippen LogP contribution in [0.15, 0.2) is 36.3 Å². The molecule has 2 aliphatic rings. The van der Waals surface area contributed by atoms with Crippen molar-refractivity contribution in [2.24, 2.45) is 5.92 Å². The normalized spacial score (nSPS) is 19.8. The highest BCUT2D eigenvalue weighted by Gasteiger charge is 2.21. The van der Waals surface area contributed by atoms with Crippen LogP contribution < -0.4 is 20.3 Å². The minimum Gasteiger partial charge on any atom is -0.494 e. The first-order valence-corrected chi connectivity index (χ1v) is 12.6. The van der Waals surface area contributed by atoms with Crippen molar-refractivity contribution < 1.29 is 14.6 Å². The van der Waals surface area contributed by atoms with Gasteiger partial charge in [0, 0.05) is 37.9 Å².